The van der Waals surface area contributed by atoms with Gasteiger partial charge in [-0.1, -0.05) is 18.2 Å². The monoisotopic (exact) mass is 202 g/mol. The molecule has 1 heterocycles. The summed E-state index contributed by atoms with van der Waals surface area (Å²) in [5.41, 5.74) is 0. The van der Waals surface area contributed by atoms with Crippen molar-refractivity contribution < 1.29 is 4.74 Å². The minimum Gasteiger partial charge on any atom is -0.480 e. The fourth-order valence-electron chi connectivity index (χ4n) is 1.54. The first-order chi connectivity index (χ1) is 7.22. The minimum absolute atomic E-state index is 0.678. The predicted molar refractivity (Wildman–Crippen MR) is 62.6 cm³/mol. The topological polar surface area (TPSA) is 25.4 Å². The van der Waals surface area contributed by atoms with Crippen LogP contribution >= 0.6 is 0 Å². The number of pyridine rings is 1. The van der Waals surface area contributed by atoms with Crippen molar-refractivity contribution in [2.45, 2.75) is 0 Å². The maximum atomic E-state index is 5.28. The van der Waals surface area contributed by atoms with Crippen LogP contribution in [-0.2, 0) is 0 Å². The molecule has 1 aromatic heterocycles. The number of hydrogen-bond acceptors (Lipinski definition) is 3. The first kappa shape index (κ1) is 9.77. The Morgan fingerprint density at radius 2 is 1.93 bits per heavy atom. The van der Waals surface area contributed by atoms with Gasteiger partial charge < -0.3 is 9.64 Å². The zero-order valence-corrected chi connectivity index (χ0v) is 9.19. The summed E-state index contributed by atoms with van der Waals surface area (Å²) >= 11 is 0. The van der Waals surface area contributed by atoms with E-state index in [1.807, 2.05) is 37.2 Å². The van der Waals surface area contributed by atoms with E-state index in [-0.39, 0.29) is 0 Å². The van der Waals surface area contributed by atoms with Gasteiger partial charge in [-0.3, -0.25) is 0 Å². The predicted octanol–water partition coefficient (Wildman–Crippen LogP) is 2.31. The van der Waals surface area contributed by atoms with Gasteiger partial charge in [-0.2, -0.15) is 4.98 Å². The maximum Gasteiger partial charge on any atom is 0.223 e. The van der Waals surface area contributed by atoms with Crippen LogP contribution in [0.2, 0.25) is 0 Å². The molecule has 0 saturated carbocycles. The second kappa shape index (κ2) is 3.77. The van der Waals surface area contributed by atoms with Gasteiger partial charge in [-0.15, -0.1) is 0 Å². The standard InChI is InChI=1S/C12H14N2O/c1-14(2)11-8-9-6-4-5-7-10(9)12(13-11)15-3/h4-8H,1-3H3. The molecule has 3 heteroatoms. The first-order valence-corrected chi connectivity index (χ1v) is 4.83. The smallest absolute Gasteiger partial charge is 0.223 e. The van der Waals surface area contributed by atoms with Crippen molar-refractivity contribution in [2.24, 2.45) is 0 Å². The van der Waals surface area contributed by atoms with Crippen LogP contribution in [-0.4, -0.2) is 26.2 Å². The lowest BCUT2D eigenvalue weighted by Gasteiger charge is -2.14. The van der Waals surface area contributed by atoms with Gasteiger partial charge in [-0.05, 0) is 17.5 Å². The van der Waals surface area contributed by atoms with E-state index in [9.17, 15) is 0 Å². The molecule has 0 N–H and O–H groups in total. The van der Waals surface area contributed by atoms with Crippen LogP contribution in [0.5, 0.6) is 5.88 Å². The van der Waals surface area contributed by atoms with E-state index in [0.29, 0.717) is 5.88 Å². The molecule has 0 aliphatic heterocycles. The quantitative estimate of drug-likeness (QED) is 0.747. The molecule has 0 bridgehead atoms. The molecular formula is C12H14N2O. The van der Waals surface area contributed by atoms with Crippen molar-refractivity contribution in [2.75, 3.05) is 26.1 Å². The van der Waals surface area contributed by atoms with Crippen LogP contribution in [0.15, 0.2) is 30.3 Å². The summed E-state index contributed by atoms with van der Waals surface area (Å²) in [4.78, 5) is 6.39. The molecule has 2 aromatic rings. The summed E-state index contributed by atoms with van der Waals surface area (Å²) in [6, 6.07) is 10.1. The van der Waals surface area contributed by atoms with Gasteiger partial charge in [-0.25, -0.2) is 0 Å². The molecule has 2 rings (SSSR count). The van der Waals surface area contributed by atoms with E-state index in [1.54, 1.807) is 7.11 Å². The Morgan fingerprint density at radius 3 is 2.60 bits per heavy atom. The van der Waals surface area contributed by atoms with Crippen LogP contribution in [0, 0.1) is 0 Å². The van der Waals surface area contributed by atoms with Crippen molar-refractivity contribution in [1.82, 2.24) is 4.98 Å². The zero-order chi connectivity index (χ0) is 10.8. The maximum absolute atomic E-state index is 5.28. The van der Waals surface area contributed by atoms with E-state index in [4.69, 9.17) is 4.74 Å². The third-order valence-corrected chi connectivity index (χ3v) is 2.34. The molecule has 0 aliphatic carbocycles. The number of nitrogens with zero attached hydrogens (tertiary/aromatic N) is 2. The number of rotatable bonds is 2. The summed E-state index contributed by atoms with van der Waals surface area (Å²) in [5, 5.41) is 2.19. The van der Waals surface area contributed by atoms with Gasteiger partial charge >= 0.3 is 0 Å². The molecule has 0 unspecified atom stereocenters. The molecule has 1 aromatic carbocycles. The first-order valence-electron chi connectivity index (χ1n) is 4.83. The summed E-state index contributed by atoms with van der Waals surface area (Å²) in [5.74, 6) is 1.59. The Balaban J connectivity index is 2.71. The number of anilines is 1. The van der Waals surface area contributed by atoms with Crippen LogP contribution < -0.4 is 9.64 Å². The lowest BCUT2D eigenvalue weighted by molar-refractivity contribution is 0.403. The number of benzene rings is 1. The van der Waals surface area contributed by atoms with E-state index in [1.165, 1.54) is 0 Å². The summed E-state index contributed by atoms with van der Waals surface area (Å²) in [6.45, 7) is 0. The molecule has 0 aliphatic rings. The van der Waals surface area contributed by atoms with Gasteiger partial charge in [0.2, 0.25) is 5.88 Å². The molecule has 0 atom stereocenters. The number of aromatic nitrogens is 1. The van der Waals surface area contributed by atoms with Crippen molar-refractivity contribution in [3.05, 3.63) is 30.3 Å². The van der Waals surface area contributed by atoms with Gasteiger partial charge in [0.15, 0.2) is 0 Å². The number of fused-ring (bicyclic) bond motifs is 1. The second-order valence-corrected chi connectivity index (χ2v) is 3.61. The molecule has 78 valence electrons. The van der Waals surface area contributed by atoms with E-state index < -0.39 is 0 Å². The van der Waals surface area contributed by atoms with Gasteiger partial charge in [0, 0.05) is 19.5 Å². The number of ether oxygens (including phenoxy) is 1. The highest BCUT2D eigenvalue weighted by molar-refractivity contribution is 5.89. The van der Waals surface area contributed by atoms with Crippen molar-refractivity contribution >= 4 is 16.6 Å². The van der Waals surface area contributed by atoms with Crippen molar-refractivity contribution in [3.63, 3.8) is 0 Å². The van der Waals surface area contributed by atoms with Crippen LogP contribution in [0.4, 0.5) is 5.82 Å². The highest BCUT2D eigenvalue weighted by atomic mass is 16.5. The fourth-order valence-corrected chi connectivity index (χ4v) is 1.54. The highest BCUT2D eigenvalue weighted by Gasteiger charge is 2.06. The minimum atomic E-state index is 0.678. The SMILES string of the molecule is COc1nc(N(C)C)cc2ccccc12. The van der Waals surface area contributed by atoms with E-state index in [2.05, 4.69) is 17.1 Å². The molecule has 15 heavy (non-hydrogen) atoms. The summed E-state index contributed by atoms with van der Waals surface area (Å²) in [6.07, 6.45) is 0. The van der Waals surface area contributed by atoms with Crippen molar-refractivity contribution in [1.29, 1.82) is 0 Å². The van der Waals surface area contributed by atoms with E-state index >= 15 is 0 Å². The Morgan fingerprint density at radius 1 is 1.20 bits per heavy atom. The zero-order valence-electron chi connectivity index (χ0n) is 9.19. The molecule has 0 radical (unpaired) electrons. The second-order valence-electron chi connectivity index (χ2n) is 3.61. The summed E-state index contributed by atoms with van der Waals surface area (Å²) in [7, 11) is 5.58. The average Bonchev–Trinajstić information content (AvgIpc) is 2.27. The van der Waals surface area contributed by atoms with Gasteiger partial charge in [0.1, 0.15) is 5.82 Å². The molecular weight excluding hydrogens is 188 g/mol. The Labute approximate surface area is 89.3 Å². The lowest BCUT2D eigenvalue weighted by atomic mass is 10.1. The normalized spacial score (nSPS) is 10.3. The molecule has 0 amide bonds. The van der Waals surface area contributed by atoms with Crippen LogP contribution in [0.3, 0.4) is 0 Å². The van der Waals surface area contributed by atoms with Crippen LogP contribution in [0.1, 0.15) is 0 Å². The number of methoxy groups -OCH3 is 1. The lowest BCUT2D eigenvalue weighted by Crippen LogP contribution is -2.10. The fraction of sp³-hybridized carbons (Fsp3) is 0.250. The highest BCUT2D eigenvalue weighted by Crippen LogP contribution is 2.26. The van der Waals surface area contributed by atoms with Gasteiger partial charge in [0.25, 0.3) is 0 Å². The molecule has 0 spiro atoms. The third-order valence-electron chi connectivity index (χ3n) is 2.34. The molecule has 0 saturated heterocycles. The Bertz CT molecular complexity index is 480. The van der Waals surface area contributed by atoms with E-state index in [0.717, 1.165) is 16.6 Å². The Kier molecular flexibility index (Phi) is 2.46. The number of hydrogen-bond donors (Lipinski definition) is 0. The van der Waals surface area contributed by atoms with Gasteiger partial charge in [0.05, 0.1) is 7.11 Å². The Hall–Kier alpha value is -1.77. The molecule has 3 nitrogen and oxygen atoms in total. The van der Waals surface area contributed by atoms with Crippen LogP contribution in [0.25, 0.3) is 10.8 Å². The van der Waals surface area contributed by atoms with Crippen molar-refractivity contribution in [3.8, 4) is 5.88 Å². The average molecular weight is 202 g/mol. The third kappa shape index (κ3) is 1.73. The summed E-state index contributed by atoms with van der Waals surface area (Å²) < 4.78 is 5.28. The largest absolute Gasteiger partial charge is 0.480 e. The molecule has 0 fully saturated rings.